The molecule has 36 heavy (non-hydrogen) atoms. The summed E-state index contributed by atoms with van der Waals surface area (Å²) in [6.45, 7) is 1.95. The molecule has 5 rings (SSSR count). The highest BCUT2D eigenvalue weighted by Crippen LogP contribution is 2.41. The van der Waals surface area contributed by atoms with Crippen LogP contribution in [0, 0.1) is 5.82 Å². The maximum atomic E-state index is 13.5. The van der Waals surface area contributed by atoms with Gasteiger partial charge in [-0.1, -0.05) is 73.0 Å². The molecule has 2 aliphatic rings. The summed E-state index contributed by atoms with van der Waals surface area (Å²) in [5.74, 6) is 0.898. The van der Waals surface area contributed by atoms with Crippen molar-refractivity contribution in [2.75, 3.05) is 13.1 Å². The fourth-order valence-corrected chi connectivity index (χ4v) is 5.24. The van der Waals surface area contributed by atoms with E-state index in [1.54, 1.807) is 12.1 Å². The summed E-state index contributed by atoms with van der Waals surface area (Å²) in [4.78, 5) is 17.3. The molecule has 3 aromatic rings. The van der Waals surface area contributed by atoms with Gasteiger partial charge in [0.2, 0.25) is 11.7 Å². The maximum absolute atomic E-state index is 13.5. The number of hydrogen-bond donors (Lipinski definition) is 1. The van der Waals surface area contributed by atoms with E-state index in [4.69, 9.17) is 14.4 Å². The highest BCUT2D eigenvalue weighted by Gasteiger charge is 2.31. The minimum atomic E-state index is -1.22. The molecule has 2 heterocycles. The molecule has 188 valence electrons. The number of aromatic nitrogens is 2. The van der Waals surface area contributed by atoms with Gasteiger partial charge in [-0.3, -0.25) is 4.90 Å². The fraction of sp³-hybridized carbons (Fsp3) is 0.393. The van der Waals surface area contributed by atoms with Gasteiger partial charge >= 0.3 is 6.16 Å². The van der Waals surface area contributed by atoms with Crippen molar-refractivity contribution >= 4 is 6.16 Å². The molecule has 0 radical (unpaired) electrons. The van der Waals surface area contributed by atoms with E-state index in [-0.39, 0.29) is 17.3 Å². The molecule has 1 saturated carbocycles. The van der Waals surface area contributed by atoms with Crippen molar-refractivity contribution in [1.29, 1.82) is 0 Å². The average Bonchev–Trinajstić information content (AvgIpc) is 3.33. The Hall–Kier alpha value is -3.52. The monoisotopic (exact) mass is 491 g/mol. The van der Waals surface area contributed by atoms with E-state index < -0.39 is 6.16 Å². The summed E-state index contributed by atoms with van der Waals surface area (Å²) in [7, 11) is 0. The lowest BCUT2D eigenvalue weighted by molar-refractivity contribution is -0.0363. The van der Waals surface area contributed by atoms with Crippen molar-refractivity contribution in [3.63, 3.8) is 0 Å². The summed E-state index contributed by atoms with van der Waals surface area (Å²) < 4.78 is 23.7. The first-order chi connectivity index (χ1) is 17.5. The van der Waals surface area contributed by atoms with Crippen LogP contribution in [0.15, 0.2) is 65.2 Å². The average molecular weight is 492 g/mol. The third kappa shape index (κ3) is 5.65. The van der Waals surface area contributed by atoms with Gasteiger partial charge in [-0.25, -0.2) is 9.18 Å². The Kier molecular flexibility index (Phi) is 7.13. The van der Waals surface area contributed by atoms with Gasteiger partial charge in [-0.05, 0) is 36.1 Å². The molecule has 0 spiro atoms. The Morgan fingerprint density at radius 3 is 2.53 bits per heavy atom. The van der Waals surface area contributed by atoms with Crippen LogP contribution >= 0.6 is 0 Å². The van der Waals surface area contributed by atoms with E-state index in [0.29, 0.717) is 31.2 Å². The summed E-state index contributed by atoms with van der Waals surface area (Å²) in [5, 5.41) is 12.8. The van der Waals surface area contributed by atoms with E-state index in [2.05, 4.69) is 27.2 Å². The summed E-state index contributed by atoms with van der Waals surface area (Å²) in [5.41, 5.74) is 3.09. The summed E-state index contributed by atoms with van der Waals surface area (Å²) in [6.07, 6.45) is 9.11. The molecule has 0 unspecified atom stereocenters. The van der Waals surface area contributed by atoms with Crippen LogP contribution < -0.4 is 0 Å². The van der Waals surface area contributed by atoms with Crippen LogP contribution in [-0.2, 0) is 23.1 Å². The minimum absolute atomic E-state index is 0.0686. The third-order valence-corrected chi connectivity index (χ3v) is 7.17. The highest BCUT2D eigenvalue weighted by molar-refractivity contribution is 5.57. The largest absolute Gasteiger partial charge is 0.506 e. The van der Waals surface area contributed by atoms with Gasteiger partial charge in [0.15, 0.2) is 0 Å². The number of nitrogens with zero attached hydrogens (tertiary/aromatic N) is 3. The van der Waals surface area contributed by atoms with Gasteiger partial charge in [0.25, 0.3) is 0 Å². The number of benzene rings is 2. The molecule has 0 amide bonds. The van der Waals surface area contributed by atoms with E-state index in [9.17, 15) is 9.18 Å². The van der Waals surface area contributed by atoms with Gasteiger partial charge < -0.3 is 14.4 Å². The molecular weight excluding hydrogens is 461 g/mol. The first-order valence-corrected chi connectivity index (χ1v) is 12.5. The SMILES string of the molecule is O=C(O)OC1CN(Cc2ccc(-c3noc(C/C=C/C4(c5ccc(F)cc5)CCCCC4)n3)cc2)C1. The molecule has 2 fully saturated rings. The molecule has 1 aromatic heterocycles. The van der Waals surface area contributed by atoms with Crippen molar-refractivity contribution in [1.82, 2.24) is 15.0 Å². The first-order valence-electron chi connectivity index (χ1n) is 12.5. The van der Waals surface area contributed by atoms with Gasteiger partial charge in [0.05, 0.1) is 0 Å². The summed E-state index contributed by atoms with van der Waals surface area (Å²) in [6, 6.07) is 14.9. The highest BCUT2D eigenvalue weighted by atomic mass is 19.1. The van der Waals surface area contributed by atoms with Crippen LogP contribution in [-0.4, -0.2) is 45.5 Å². The second-order valence-electron chi connectivity index (χ2n) is 9.74. The molecular formula is C28H30FN3O4. The Bertz CT molecular complexity index is 1190. The van der Waals surface area contributed by atoms with Gasteiger partial charge in [-0.2, -0.15) is 4.98 Å². The van der Waals surface area contributed by atoms with Crippen LogP contribution in [0.2, 0.25) is 0 Å². The predicted octanol–water partition coefficient (Wildman–Crippen LogP) is 5.76. The van der Waals surface area contributed by atoms with Crippen LogP contribution in [0.5, 0.6) is 0 Å². The van der Waals surface area contributed by atoms with E-state index in [1.165, 1.54) is 6.42 Å². The third-order valence-electron chi connectivity index (χ3n) is 7.17. The predicted molar refractivity (Wildman–Crippen MR) is 132 cm³/mol. The Balaban J connectivity index is 1.18. The second kappa shape index (κ2) is 10.6. The topological polar surface area (TPSA) is 88.7 Å². The second-order valence-corrected chi connectivity index (χ2v) is 9.74. The lowest BCUT2D eigenvalue weighted by Gasteiger charge is -2.37. The van der Waals surface area contributed by atoms with Crippen molar-refractivity contribution in [2.24, 2.45) is 0 Å². The van der Waals surface area contributed by atoms with Crippen LogP contribution in [0.25, 0.3) is 11.4 Å². The van der Waals surface area contributed by atoms with Gasteiger partial charge in [0.1, 0.15) is 11.9 Å². The zero-order valence-corrected chi connectivity index (χ0v) is 20.1. The van der Waals surface area contributed by atoms with Crippen LogP contribution in [0.3, 0.4) is 0 Å². The molecule has 8 heteroatoms. The maximum Gasteiger partial charge on any atom is 0.506 e. The van der Waals surface area contributed by atoms with Crippen LogP contribution in [0.4, 0.5) is 9.18 Å². The molecule has 1 aliphatic heterocycles. The molecule has 2 aromatic carbocycles. The van der Waals surface area contributed by atoms with E-state index >= 15 is 0 Å². The number of carboxylic acid groups (broad SMARTS) is 1. The number of allylic oxidation sites excluding steroid dienone is 2. The normalized spacial score (nSPS) is 18.2. The molecule has 1 saturated heterocycles. The number of rotatable bonds is 8. The number of likely N-dealkylation sites (tertiary alicyclic amines) is 1. The molecule has 0 atom stereocenters. The number of hydrogen-bond acceptors (Lipinski definition) is 6. The Morgan fingerprint density at radius 2 is 1.83 bits per heavy atom. The number of carbonyl (C=O) groups is 1. The first kappa shape index (κ1) is 24.2. The zero-order chi connectivity index (χ0) is 25.0. The van der Waals surface area contributed by atoms with Crippen molar-refractivity contribution < 1.29 is 23.6 Å². The number of halogens is 1. The smallest absolute Gasteiger partial charge is 0.450 e. The quantitative estimate of drug-likeness (QED) is 0.317. The lowest BCUT2D eigenvalue weighted by atomic mass is 9.69. The number of ether oxygens (including phenoxy) is 1. The Morgan fingerprint density at radius 1 is 1.11 bits per heavy atom. The van der Waals surface area contributed by atoms with Crippen molar-refractivity contribution in [3.05, 3.63) is 83.5 Å². The Labute approximate surface area is 209 Å². The van der Waals surface area contributed by atoms with Crippen molar-refractivity contribution in [2.45, 2.75) is 56.6 Å². The van der Waals surface area contributed by atoms with Gasteiger partial charge in [0, 0.05) is 37.0 Å². The summed E-state index contributed by atoms with van der Waals surface area (Å²) >= 11 is 0. The van der Waals surface area contributed by atoms with Crippen LogP contribution in [0.1, 0.15) is 49.1 Å². The molecule has 1 N–H and O–H groups in total. The minimum Gasteiger partial charge on any atom is -0.450 e. The molecule has 7 nitrogen and oxygen atoms in total. The fourth-order valence-electron chi connectivity index (χ4n) is 5.24. The van der Waals surface area contributed by atoms with Crippen molar-refractivity contribution in [3.8, 4) is 11.4 Å². The molecule has 1 aliphatic carbocycles. The zero-order valence-electron chi connectivity index (χ0n) is 20.1. The van der Waals surface area contributed by atoms with E-state index in [0.717, 1.165) is 48.9 Å². The van der Waals surface area contributed by atoms with Gasteiger partial charge in [-0.15, -0.1) is 0 Å². The molecule has 0 bridgehead atoms. The standard InChI is InChI=1S/C28H30FN3O4/c29-23-12-10-22(11-13-23)28(14-2-1-3-15-28)16-4-5-25-30-26(31-36-25)21-8-6-20(7-9-21)17-32-18-24(19-32)35-27(33)34/h4,6-13,16,24H,1-3,5,14-15,17-19H2,(H,33,34)/b16-4+. The van der Waals surface area contributed by atoms with E-state index in [1.807, 2.05) is 36.4 Å². The lowest BCUT2D eigenvalue weighted by Crippen LogP contribution is -2.52.